The van der Waals surface area contributed by atoms with E-state index in [1.807, 2.05) is 26.8 Å². The van der Waals surface area contributed by atoms with Crippen LogP contribution >= 0.6 is 0 Å². The fraction of sp³-hybridized carbons (Fsp3) is 0.538. The summed E-state index contributed by atoms with van der Waals surface area (Å²) in [6.07, 6.45) is 1.34. The van der Waals surface area contributed by atoms with Crippen LogP contribution in [0.5, 0.6) is 0 Å². The molecule has 1 aromatic rings. The number of aryl methyl sites for hydroxylation is 1. The van der Waals surface area contributed by atoms with Crippen molar-refractivity contribution in [3.05, 3.63) is 29.8 Å². The lowest BCUT2D eigenvalue weighted by atomic mass is 9.95. The Morgan fingerprint density at radius 2 is 1.89 bits per heavy atom. The highest BCUT2D eigenvalue weighted by Gasteiger charge is 2.30. The zero-order valence-electron chi connectivity index (χ0n) is 11.2. The van der Waals surface area contributed by atoms with E-state index >= 15 is 0 Å². The van der Waals surface area contributed by atoms with Crippen LogP contribution in [0.15, 0.2) is 29.2 Å². The number of nitrogens with two attached hydrogens (primary N) is 1. The molecule has 0 aliphatic rings. The highest BCUT2D eigenvalue weighted by atomic mass is 32.2. The Morgan fingerprint density at radius 1 is 1.28 bits per heavy atom. The van der Waals surface area contributed by atoms with Crippen molar-refractivity contribution in [2.24, 2.45) is 5.73 Å². The van der Waals surface area contributed by atoms with Gasteiger partial charge in [0.15, 0.2) is 0 Å². The Morgan fingerprint density at radius 3 is 2.33 bits per heavy atom. The fourth-order valence-electron chi connectivity index (χ4n) is 1.85. The summed E-state index contributed by atoms with van der Waals surface area (Å²) in [5, 5.41) is 0. The van der Waals surface area contributed by atoms with Gasteiger partial charge >= 0.3 is 0 Å². The lowest BCUT2D eigenvalue weighted by molar-refractivity contribution is 0.363. The van der Waals surface area contributed by atoms with Crippen LogP contribution in [0, 0.1) is 6.92 Å². The van der Waals surface area contributed by atoms with Crippen molar-refractivity contribution < 1.29 is 8.42 Å². The Kier molecular flexibility index (Phi) is 4.90. The monoisotopic (exact) mass is 270 g/mol. The van der Waals surface area contributed by atoms with Crippen LogP contribution in [-0.4, -0.2) is 20.5 Å². The molecule has 0 aromatic heterocycles. The second-order valence-corrected chi connectivity index (χ2v) is 6.30. The van der Waals surface area contributed by atoms with Crippen LogP contribution in [0.2, 0.25) is 0 Å². The molecule has 0 bridgehead atoms. The second kappa shape index (κ2) is 5.82. The summed E-state index contributed by atoms with van der Waals surface area (Å²) in [7, 11) is -3.51. The molecule has 4 nitrogen and oxygen atoms in total. The standard InChI is InChI=1S/C13H22N2O2S/c1-4-13(5-2,10-14)15-18(16,17)12-8-6-7-11(3)9-12/h6-9,15H,4-5,10,14H2,1-3H3. The summed E-state index contributed by atoms with van der Waals surface area (Å²) in [6, 6.07) is 6.87. The molecule has 0 heterocycles. The first-order valence-corrected chi connectivity index (χ1v) is 7.68. The molecule has 0 atom stereocenters. The summed E-state index contributed by atoms with van der Waals surface area (Å²) >= 11 is 0. The predicted octanol–water partition coefficient (Wildman–Crippen LogP) is 1.79. The van der Waals surface area contributed by atoms with E-state index in [1.165, 1.54) is 0 Å². The number of hydrogen-bond acceptors (Lipinski definition) is 3. The Hall–Kier alpha value is -0.910. The molecule has 0 fully saturated rings. The van der Waals surface area contributed by atoms with Crippen molar-refractivity contribution >= 4 is 10.0 Å². The smallest absolute Gasteiger partial charge is 0.241 e. The molecule has 3 N–H and O–H groups in total. The molecule has 5 heteroatoms. The van der Waals surface area contributed by atoms with Gasteiger partial charge in [-0.2, -0.15) is 0 Å². The average Bonchev–Trinajstić information content (AvgIpc) is 2.36. The van der Waals surface area contributed by atoms with E-state index in [0.717, 1.165) is 5.56 Å². The number of rotatable bonds is 6. The summed E-state index contributed by atoms with van der Waals surface area (Å²) in [6.45, 7) is 6.05. The normalized spacial score (nSPS) is 12.7. The van der Waals surface area contributed by atoms with Gasteiger partial charge in [-0.1, -0.05) is 26.0 Å². The number of nitrogens with one attached hydrogen (secondary N) is 1. The molecule has 0 spiro atoms. The van der Waals surface area contributed by atoms with Crippen LogP contribution in [-0.2, 0) is 10.0 Å². The quantitative estimate of drug-likeness (QED) is 0.828. The van der Waals surface area contributed by atoms with Gasteiger partial charge in [0.05, 0.1) is 4.90 Å². The third kappa shape index (κ3) is 3.31. The van der Waals surface area contributed by atoms with Crippen LogP contribution in [0.4, 0.5) is 0 Å². The number of benzene rings is 1. The molecule has 0 radical (unpaired) electrons. The van der Waals surface area contributed by atoms with Crippen molar-refractivity contribution in [1.82, 2.24) is 4.72 Å². The average molecular weight is 270 g/mol. The van der Waals surface area contributed by atoms with Crippen molar-refractivity contribution in [2.75, 3.05) is 6.54 Å². The zero-order chi connectivity index (χ0) is 13.8. The van der Waals surface area contributed by atoms with E-state index in [-0.39, 0.29) is 0 Å². The Bertz CT molecular complexity index is 485. The highest BCUT2D eigenvalue weighted by molar-refractivity contribution is 7.89. The van der Waals surface area contributed by atoms with Crippen molar-refractivity contribution in [1.29, 1.82) is 0 Å². The Balaban J connectivity index is 3.08. The molecule has 1 aromatic carbocycles. The lowest BCUT2D eigenvalue weighted by Gasteiger charge is -2.31. The molecule has 18 heavy (non-hydrogen) atoms. The third-order valence-corrected chi connectivity index (χ3v) is 4.97. The Labute approximate surface area is 110 Å². The van der Waals surface area contributed by atoms with Crippen molar-refractivity contribution in [2.45, 2.75) is 44.0 Å². The number of sulfonamides is 1. The van der Waals surface area contributed by atoms with Crippen LogP contribution in [0.1, 0.15) is 32.3 Å². The molecule has 0 aliphatic heterocycles. The maximum absolute atomic E-state index is 12.3. The van der Waals surface area contributed by atoms with Crippen molar-refractivity contribution in [3.8, 4) is 0 Å². The number of hydrogen-bond donors (Lipinski definition) is 2. The maximum atomic E-state index is 12.3. The molecule has 1 rings (SSSR count). The van der Waals surface area contributed by atoms with Gasteiger partial charge in [-0.25, -0.2) is 13.1 Å². The van der Waals surface area contributed by atoms with Gasteiger partial charge in [0.2, 0.25) is 10.0 Å². The van der Waals surface area contributed by atoms with Gasteiger partial charge in [0.1, 0.15) is 0 Å². The highest BCUT2D eigenvalue weighted by Crippen LogP contribution is 2.19. The van der Waals surface area contributed by atoms with Gasteiger partial charge in [0, 0.05) is 12.1 Å². The summed E-state index contributed by atoms with van der Waals surface area (Å²) < 4.78 is 27.4. The first kappa shape index (κ1) is 15.1. The molecular weight excluding hydrogens is 248 g/mol. The molecule has 0 aliphatic carbocycles. The van der Waals surface area contributed by atoms with E-state index in [0.29, 0.717) is 24.3 Å². The summed E-state index contributed by atoms with van der Waals surface area (Å²) in [5.41, 5.74) is 6.08. The molecule has 102 valence electrons. The van der Waals surface area contributed by atoms with Crippen LogP contribution in [0.3, 0.4) is 0 Å². The van der Waals surface area contributed by atoms with Gasteiger partial charge in [-0.3, -0.25) is 0 Å². The van der Waals surface area contributed by atoms with Gasteiger partial charge in [-0.05, 0) is 37.5 Å². The lowest BCUT2D eigenvalue weighted by Crippen LogP contribution is -2.52. The van der Waals surface area contributed by atoms with Gasteiger partial charge in [-0.15, -0.1) is 0 Å². The SMILES string of the molecule is CCC(CC)(CN)NS(=O)(=O)c1cccc(C)c1. The first-order chi connectivity index (χ1) is 8.39. The van der Waals surface area contributed by atoms with E-state index in [9.17, 15) is 8.42 Å². The molecule has 0 unspecified atom stereocenters. The summed E-state index contributed by atoms with van der Waals surface area (Å²) in [5.74, 6) is 0. The van der Waals surface area contributed by atoms with Gasteiger partial charge in [0.25, 0.3) is 0 Å². The van der Waals surface area contributed by atoms with E-state index in [1.54, 1.807) is 18.2 Å². The molecule has 0 saturated carbocycles. The second-order valence-electron chi connectivity index (χ2n) is 4.61. The van der Waals surface area contributed by atoms with E-state index in [2.05, 4.69) is 4.72 Å². The molecule has 0 amide bonds. The predicted molar refractivity (Wildman–Crippen MR) is 73.9 cm³/mol. The van der Waals surface area contributed by atoms with E-state index in [4.69, 9.17) is 5.73 Å². The summed E-state index contributed by atoms with van der Waals surface area (Å²) in [4.78, 5) is 0.294. The third-order valence-electron chi connectivity index (χ3n) is 3.40. The maximum Gasteiger partial charge on any atom is 0.241 e. The molecular formula is C13H22N2O2S. The minimum Gasteiger partial charge on any atom is -0.329 e. The minimum absolute atomic E-state index is 0.294. The van der Waals surface area contributed by atoms with Crippen molar-refractivity contribution in [3.63, 3.8) is 0 Å². The van der Waals surface area contributed by atoms with Crippen LogP contribution in [0.25, 0.3) is 0 Å². The molecule has 0 saturated heterocycles. The van der Waals surface area contributed by atoms with E-state index < -0.39 is 15.6 Å². The zero-order valence-corrected chi connectivity index (χ0v) is 12.0. The fourth-order valence-corrected chi connectivity index (χ4v) is 3.51. The topological polar surface area (TPSA) is 72.2 Å². The first-order valence-electron chi connectivity index (χ1n) is 6.20. The minimum atomic E-state index is -3.51. The largest absolute Gasteiger partial charge is 0.329 e. The van der Waals surface area contributed by atoms with Crippen LogP contribution < -0.4 is 10.5 Å². The van der Waals surface area contributed by atoms with Gasteiger partial charge < -0.3 is 5.73 Å².